The van der Waals surface area contributed by atoms with Gasteiger partial charge >= 0.3 is 0 Å². The molecule has 0 saturated heterocycles. The van der Waals surface area contributed by atoms with E-state index in [-0.39, 0.29) is 29.9 Å². The zero-order chi connectivity index (χ0) is 20.7. The van der Waals surface area contributed by atoms with Crippen LogP contribution in [0.4, 0.5) is 0 Å². The van der Waals surface area contributed by atoms with Gasteiger partial charge in [0.1, 0.15) is 5.76 Å². The molecule has 0 bridgehead atoms. The number of nitrogens with one attached hydrogen (secondary N) is 1. The third-order valence-electron chi connectivity index (χ3n) is 5.84. The van der Waals surface area contributed by atoms with Crippen LogP contribution >= 0.6 is 0 Å². The van der Waals surface area contributed by atoms with Gasteiger partial charge in [0, 0.05) is 41.5 Å². The lowest BCUT2D eigenvalue weighted by molar-refractivity contribution is -0.133. The van der Waals surface area contributed by atoms with Crippen LogP contribution in [0.15, 0.2) is 39.5 Å². The van der Waals surface area contributed by atoms with Gasteiger partial charge in [0.05, 0.1) is 6.54 Å². The number of rotatable bonds is 4. The molecule has 2 N–H and O–H groups in total. The Kier molecular flexibility index (Phi) is 4.94. The molecule has 3 heterocycles. The molecule has 0 saturated carbocycles. The molecule has 0 aliphatic carbocycles. The second-order valence-electron chi connectivity index (χ2n) is 8.18. The summed E-state index contributed by atoms with van der Waals surface area (Å²) in [6.45, 7) is 6.79. The lowest BCUT2D eigenvalue weighted by Gasteiger charge is -2.29. The van der Waals surface area contributed by atoms with Crippen molar-refractivity contribution in [1.29, 1.82) is 0 Å². The molecule has 3 aromatic rings. The number of nitrogens with zero attached hydrogens (tertiary/aromatic N) is 1. The number of H-pyrrole nitrogens is 1. The standard InChI is InChI=1S/C23H26N2O4/c1-13(2)17(23-22(28)20(26)10-14(3)29-23)11-21(27)25-9-8-16-15-6-4-5-7-18(15)24-19(16)12-25/h4-7,10,13,17,24,28H,8-9,11-12H2,1-3H3/t17-/m1/s1. The Balaban J connectivity index is 1.57. The van der Waals surface area contributed by atoms with E-state index in [9.17, 15) is 14.7 Å². The number of aryl methyl sites for hydroxylation is 1. The molecule has 0 unspecified atom stereocenters. The second-order valence-corrected chi connectivity index (χ2v) is 8.18. The van der Waals surface area contributed by atoms with Crippen LogP contribution in [0.1, 0.15) is 49.0 Å². The van der Waals surface area contributed by atoms with Crippen molar-refractivity contribution in [3.05, 3.63) is 63.3 Å². The van der Waals surface area contributed by atoms with Gasteiger partial charge in [0.15, 0.2) is 5.76 Å². The number of fused-ring (bicyclic) bond motifs is 3. The molecule has 1 amide bonds. The molecule has 0 fully saturated rings. The fraction of sp³-hybridized carbons (Fsp3) is 0.391. The zero-order valence-electron chi connectivity index (χ0n) is 17.0. The number of carbonyl (C=O) groups is 1. The summed E-state index contributed by atoms with van der Waals surface area (Å²) in [6.07, 6.45) is 0.995. The normalized spacial score (nSPS) is 15.0. The number of aromatic hydroxyl groups is 1. The summed E-state index contributed by atoms with van der Waals surface area (Å²) in [5, 5.41) is 11.5. The number of hydrogen-bond acceptors (Lipinski definition) is 4. The first-order valence-corrected chi connectivity index (χ1v) is 10.0. The van der Waals surface area contributed by atoms with Crippen LogP contribution in [0, 0.1) is 12.8 Å². The quantitative estimate of drug-likeness (QED) is 0.704. The van der Waals surface area contributed by atoms with E-state index in [4.69, 9.17) is 4.42 Å². The van der Waals surface area contributed by atoms with Crippen LogP contribution in [-0.2, 0) is 17.8 Å². The van der Waals surface area contributed by atoms with Gasteiger partial charge in [-0.1, -0.05) is 32.0 Å². The Labute approximate surface area is 169 Å². The van der Waals surface area contributed by atoms with E-state index in [0.29, 0.717) is 18.8 Å². The van der Waals surface area contributed by atoms with Gasteiger partial charge in [-0.2, -0.15) is 0 Å². The van der Waals surface area contributed by atoms with Gasteiger partial charge in [-0.15, -0.1) is 0 Å². The van der Waals surface area contributed by atoms with Gasteiger partial charge in [-0.05, 0) is 30.9 Å². The van der Waals surface area contributed by atoms with E-state index in [2.05, 4.69) is 17.1 Å². The Hall–Kier alpha value is -3.02. The molecular formula is C23H26N2O4. The Bertz CT molecular complexity index is 1130. The molecule has 1 aliphatic rings. The monoisotopic (exact) mass is 394 g/mol. The number of para-hydroxylation sites is 1. The highest BCUT2D eigenvalue weighted by atomic mass is 16.4. The average molecular weight is 394 g/mol. The minimum absolute atomic E-state index is 0.00318. The summed E-state index contributed by atoms with van der Waals surface area (Å²) in [5.41, 5.74) is 2.99. The van der Waals surface area contributed by atoms with E-state index in [1.54, 1.807) is 6.92 Å². The third-order valence-corrected chi connectivity index (χ3v) is 5.84. The Morgan fingerprint density at radius 1 is 1.31 bits per heavy atom. The number of benzene rings is 1. The van der Waals surface area contributed by atoms with Crippen LogP contribution in [-0.4, -0.2) is 27.4 Å². The SMILES string of the molecule is Cc1cc(=O)c(O)c([C@H](CC(=O)N2CCc3c([nH]c4ccccc34)C2)C(C)C)o1. The summed E-state index contributed by atoms with van der Waals surface area (Å²) in [4.78, 5) is 30.4. The topological polar surface area (TPSA) is 86.5 Å². The molecule has 1 atom stereocenters. The van der Waals surface area contributed by atoms with Crippen LogP contribution in [0.3, 0.4) is 0 Å². The molecule has 0 radical (unpaired) electrons. The first-order chi connectivity index (χ1) is 13.8. The predicted octanol–water partition coefficient (Wildman–Crippen LogP) is 3.85. The maximum absolute atomic E-state index is 13.1. The van der Waals surface area contributed by atoms with E-state index in [1.165, 1.54) is 17.0 Å². The number of hydrogen-bond donors (Lipinski definition) is 2. The highest BCUT2D eigenvalue weighted by molar-refractivity contribution is 5.85. The van der Waals surface area contributed by atoms with Crippen molar-refractivity contribution in [3.8, 4) is 5.75 Å². The maximum atomic E-state index is 13.1. The fourth-order valence-electron chi connectivity index (χ4n) is 4.23. The minimum atomic E-state index is -0.470. The smallest absolute Gasteiger partial charge is 0.227 e. The van der Waals surface area contributed by atoms with Crippen molar-refractivity contribution in [2.75, 3.05) is 6.54 Å². The fourth-order valence-corrected chi connectivity index (χ4v) is 4.23. The van der Waals surface area contributed by atoms with Gasteiger partial charge in [-0.3, -0.25) is 9.59 Å². The predicted molar refractivity (Wildman–Crippen MR) is 111 cm³/mol. The first kappa shape index (κ1) is 19.3. The number of aromatic amines is 1. The molecule has 6 nitrogen and oxygen atoms in total. The number of carbonyl (C=O) groups excluding carboxylic acids is 1. The van der Waals surface area contributed by atoms with Gasteiger partial charge in [0.25, 0.3) is 0 Å². The average Bonchev–Trinajstić information content (AvgIpc) is 3.06. The summed E-state index contributed by atoms with van der Waals surface area (Å²) >= 11 is 0. The maximum Gasteiger partial charge on any atom is 0.227 e. The van der Waals surface area contributed by atoms with Gasteiger partial charge < -0.3 is 19.4 Å². The molecule has 6 heteroatoms. The van der Waals surface area contributed by atoms with Gasteiger partial charge in [-0.25, -0.2) is 0 Å². The highest BCUT2D eigenvalue weighted by Crippen LogP contribution is 2.34. The summed E-state index contributed by atoms with van der Waals surface area (Å²) in [6, 6.07) is 9.46. The van der Waals surface area contributed by atoms with E-state index < -0.39 is 11.2 Å². The molecule has 2 aromatic heterocycles. The van der Waals surface area contributed by atoms with Crippen LogP contribution in [0.5, 0.6) is 5.75 Å². The molecular weight excluding hydrogens is 368 g/mol. The lowest BCUT2D eigenvalue weighted by atomic mass is 9.88. The van der Waals surface area contributed by atoms with Crippen molar-refractivity contribution >= 4 is 16.8 Å². The van der Waals surface area contributed by atoms with Crippen molar-refractivity contribution in [1.82, 2.24) is 9.88 Å². The van der Waals surface area contributed by atoms with Gasteiger partial charge in [0.2, 0.25) is 17.1 Å². The lowest BCUT2D eigenvalue weighted by Crippen LogP contribution is -2.37. The van der Waals surface area contributed by atoms with Crippen molar-refractivity contribution in [3.63, 3.8) is 0 Å². The first-order valence-electron chi connectivity index (χ1n) is 10.0. The van der Waals surface area contributed by atoms with E-state index >= 15 is 0 Å². The summed E-state index contributed by atoms with van der Waals surface area (Å²) in [5.74, 6) is -0.0825. The molecule has 0 spiro atoms. The van der Waals surface area contributed by atoms with Crippen molar-refractivity contribution in [2.45, 2.75) is 46.1 Å². The molecule has 4 rings (SSSR count). The second kappa shape index (κ2) is 7.43. The Morgan fingerprint density at radius 3 is 2.83 bits per heavy atom. The largest absolute Gasteiger partial charge is 0.502 e. The molecule has 1 aliphatic heterocycles. The summed E-state index contributed by atoms with van der Waals surface area (Å²) < 4.78 is 5.67. The highest BCUT2D eigenvalue weighted by Gasteiger charge is 2.30. The van der Waals surface area contributed by atoms with Crippen molar-refractivity contribution < 1.29 is 14.3 Å². The number of aromatic nitrogens is 1. The van der Waals surface area contributed by atoms with Crippen LogP contribution in [0.25, 0.3) is 10.9 Å². The molecule has 152 valence electrons. The third kappa shape index (κ3) is 3.55. The van der Waals surface area contributed by atoms with E-state index in [1.807, 2.05) is 30.9 Å². The molecule has 1 aromatic carbocycles. The van der Waals surface area contributed by atoms with Crippen LogP contribution < -0.4 is 5.43 Å². The minimum Gasteiger partial charge on any atom is -0.502 e. The molecule has 29 heavy (non-hydrogen) atoms. The summed E-state index contributed by atoms with van der Waals surface area (Å²) in [7, 11) is 0. The van der Waals surface area contributed by atoms with E-state index in [0.717, 1.165) is 17.6 Å². The number of amides is 1. The van der Waals surface area contributed by atoms with Crippen molar-refractivity contribution in [2.24, 2.45) is 5.92 Å². The Morgan fingerprint density at radius 2 is 2.07 bits per heavy atom. The zero-order valence-corrected chi connectivity index (χ0v) is 17.0. The van der Waals surface area contributed by atoms with Crippen LogP contribution in [0.2, 0.25) is 0 Å².